The Morgan fingerprint density at radius 2 is 1.89 bits per heavy atom. The first-order chi connectivity index (χ1) is 13.1. The van der Waals surface area contributed by atoms with Gasteiger partial charge in [0.15, 0.2) is 0 Å². The van der Waals surface area contributed by atoms with Gasteiger partial charge in [-0.3, -0.25) is 9.69 Å². The summed E-state index contributed by atoms with van der Waals surface area (Å²) in [6.45, 7) is 4.34. The molecule has 1 amide bonds. The van der Waals surface area contributed by atoms with Crippen molar-refractivity contribution in [3.05, 3.63) is 58.1 Å². The fourth-order valence-corrected chi connectivity index (χ4v) is 3.98. The number of amides is 1. The monoisotopic (exact) mass is 406 g/mol. The van der Waals surface area contributed by atoms with Crippen LogP contribution in [-0.4, -0.2) is 30.5 Å². The van der Waals surface area contributed by atoms with E-state index in [9.17, 15) is 4.79 Å². The highest BCUT2D eigenvalue weighted by molar-refractivity contribution is 6.39. The molecule has 2 aromatic rings. The van der Waals surface area contributed by atoms with Gasteiger partial charge in [-0.25, -0.2) is 0 Å². The summed E-state index contributed by atoms with van der Waals surface area (Å²) in [6.07, 6.45) is 2.64. The maximum absolute atomic E-state index is 12.4. The SMILES string of the molecule is CCOc1ccc(C2CCCN2CCC(=O)Nc2c(Cl)cccc2Cl)cc1. The third-order valence-corrected chi connectivity index (χ3v) is 5.42. The first-order valence-corrected chi connectivity index (χ1v) is 10.0. The molecular weight excluding hydrogens is 383 g/mol. The van der Waals surface area contributed by atoms with Crippen molar-refractivity contribution in [1.29, 1.82) is 0 Å². The number of para-hydroxylation sites is 1. The Kier molecular flexibility index (Phi) is 7.00. The molecule has 0 saturated carbocycles. The molecule has 3 rings (SSSR count). The zero-order valence-electron chi connectivity index (χ0n) is 15.4. The lowest BCUT2D eigenvalue weighted by atomic mass is 10.0. The van der Waals surface area contributed by atoms with Crippen LogP contribution in [0.15, 0.2) is 42.5 Å². The van der Waals surface area contributed by atoms with Crippen molar-refractivity contribution < 1.29 is 9.53 Å². The first-order valence-electron chi connectivity index (χ1n) is 9.29. The smallest absolute Gasteiger partial charge is 0.225 e. The number of halogens is 2. The van der Waals surface area contributed by atoms with Crippen LogP contribution in [0.1, 0.15) is 37.8 Å². The molecule has 1 atom stereocenters. The fraction of sp³-hybridized carbons (Fsp3) is 0.381. The van der Waals surface area contributed by atoms with Crippen molar-refractivity contribution in [2.24, 2.45) is 0 Å². The van der Waals surface area contributed by atoms with Gasteiger partial charge in [-0.1, -0.05) is 41.4 Å². The predicted octanol–water partition coefficient (Wildman–Crippen LogP) is 5.56. The highest BCUT2D eigenvalue weighted by Gasteiger charge is 2.26. The maximum Gasteiger partial charge on any atom is 0.225 e. The van der Waals surface area contributed by atoms with E-state index in [2.05, 4.69) is 22.3 Å². The normalized spacial score (nSPS) is 17.1. The minimum Gasteiger partial charge on any atom is -0.494 e. The van der Waals surface area contributed by atoms with Gasteiger partial charge in [-0.15, -0.1) is 0 Å². The van der Waals surface area contributed by atoms with Gasteiger partial charge >= 0.3 is 0 Å². The van der Waals surface area contributed by atoms with Gasteiger partial charge in [0, 0.05) is 19.0 Å². The van der Waals surface area contributed by atoms with Crippen LogP contribution in [0, 0.1) is 0 Å². The van der Waals surface area contributed by atoms with Gasteiger partial charge in [0.2, 0.25) is 5.91 Å². The number of benzene rings is 2. The predicted molar refractivity (Wildman–Crippen MR) is 111 cm³/mol. The van der Waals surface area contributed by atoms with Gasteiger partial charge in [-0.2, -0.15) is 0 Å². The van der Waals surface area contributed by atoms with Crippen molar-refractivity contribution in [3.63, 3.8) is 0 Å². The average Bonchev–Trinajstić information content (AvgIpc) is 3.13. The summed E-state index contributed by atoms with van der Waals surface area (Å²) in [4.78, 5) is 14.7. The Bertz CT molecular complexity index is 760. The van der Waals surface area contributed by atoms with Gasteiger partial charge < -0.3 is 10.1 Å². The highest BCUT2D eigenvalue weighted by atomic mass is 35.5. The fourth-order valence-electron chi connectivity index (χ4n) is 3.49. The van der Waals surface area contributed by atoms with Crippen LogP contribution in [0.25, 0.3) is 0 Å². The lowest BCUT2D eigenvalue weighted by Crippen LogP contribution is -2.27. The Morgan fingerprint density at radius 3 is 2.56 bits per heavy atom. The third kappa shape index (κ3) is 5.16. The lowest BCUT2D eigenvalue weighted by molar-refractivity contribution is -0.116. The molecule has 0 aliphatic carbocycles. The molecule has 1 saturated heterocycles. The van der Waals surface area contributed by atoms with E-state index in [1.165, 1.54) is 5.56 Å². The quantitative estimate of drug-likeness (QED) is 0.654. The van der Waals surface area contributed by atoms with Crippen LogP contribution in [0.4, 0.5) is 5.69 Å². The summed E-state index contributed by atoms with van der Waals surface area (Å²) in [5, 5.41) is 3.73. The molecule has 0 radical (unpaired) electrons. The van der Waals surface area contributed by atoms with E-state index in [0.29, 0.717) is 41.3 Å². The molecule has 1 unspecified atom stereocenters. The van der Waals surface area contributed by atoms with Crippen molar-refractivity contribution >= 4 is 34.8 Å². The van der Waals surface area contributed by atoms with Gasteiger partial charge in [0.05, 0.1) is 22.3 Å². The molecule has 144 valence electrons. The zero-order valence-corrected chi connectivity index (χ0v) is 16.9. The Balaban J connectivity index is 1.57. The summed E-state index contributed by atoms with van der Waals surface area (Å²) in [5.74, 6) is 0.809. The maximum atomic E-state index is 12.4. The van der Waals surface area contributed by atoms with Crippen LogP contribution in [0.2, 0.25) is 10.0 Å². The second-order valence-electron chi connectivity index (χ2n) is 6.59. The summed E-state index contributed by atoms with van der Waals surface area (Å²) in [7, 11) is 0. The van der Waals surface area contributed by atoms with Crippen LogP contribution in [0.5, 0.6) is 5.75 Å². The average molecular weight is 407 g/mol. The number of anilines is 1. The second-order valence-corrected chi connectivity index (χ2v) is 7.41. The van der Waals surface area contributed by atoms with E-state index in [0.717, 1.165) is 25.1 Å². The van der Waals surface area contributed by atoms with Crippen molar-refractivity contribution in [2.45, 2.75) is 32.2 Å². The largest absolute Gasteiger partial charge is 0.494 e. The van der Waals surface area contributed by atoms with Crippen LogP contribution in [0.3, 0.4) is 0 Å². The molecule has 27 heavy (non-hydrogen) atoms. The van der Waals surface area contributed by atoms with E-state index in [1.807, 2.05) is 19.1 Å². The van der Waals surface area contributed by atoms with E-state index in [4.69, 9.17) is 27.9 Å². The Labute approximate surface area is 170 Å². The minimum atomic E-state index is -0.0812. The van der Waals surface area contributed by atoms with Crippen LogP contribution in [-0.2, 0) is 4.79 Å². The van der Waals surface area contributed by atoms with Gasteiger partial charge in [-0.05, 0) is 56.1 Å². The van der Waals surface area contributed by atoms with E-state index in [1.54, 1.807) is 18.2 Å². The number of carbonyl (C=O) groups excluding carboxylic acids is 1. The van der Waals surface area contributed by atoms with Crippen LogP contribution < -0.4 is 10.1 Å². The number of nitrogens with zero attached hydrogens (tertiary/aromatic N) is 1. The molecular formula is C21H24Cl2N2O2. The van der Waals surface area contributed by atoms with Crippen LogP contribution >= 0.6 is 23.2 Å². The molecule has 1 aliphatic rings. The number of hydrogen-bond acceptors (Lipinski definition) is 3. The molecule has 1 N–H and O–H groups in total. The van der Waals surface area contributed by atoms with Crippen molar-refractivity contribution in [1.82, 2.24) is 4.90 Å². The molecule has 0 aromatic heterocycles. The Morgan fingerprint density at radius 1 is 1.19 bits per heavy atom. The second kappa shape index (κ2) is 9.45. The van der Waals surface area contributed by atoms with Crippen molar-refractivity contribution in [3.8, 4) is 5.75 Å². The molecule has 1 fully saturated rings. The summed E-state index contributed by atoms with van der Waals surface area (Å²) in [5.41, 5.74) is 1.75. The standard InChI is InChI=1S/C21H24Cl2N2O2/c1-2-27-16-10-8-15(9-11-16)19-7-4-13-25(19)14-12-20(26)24-21-17(22)5-3-6-18(21)23/h3,5-6,8-11,19H,2,4,7,12-14H2,1H3,(H,24,26). The summed E-state index contributed by atoms with van der Waals surface area (Å²) in [6, 6.07) is 13.8. The van der Waals surface area contributed by atoms with E-state index in [-0.39, 0.29) is 5.91 Å². The third-order valence-electron chi connectivity index (χ3n) is 4.79. The molecule has 4 nitrogen and oxygen atoms in total. The zero-order chi connectivity index (χ0) is 19.2. The minimum absolute atomic E-state index is 0.0812. The summed E-state index contributed by atoms with van der Waals surface area (Å²) >= 11 is 12.2. The lowest BCUT2D eigenvalue weighted by Gasteiger charge is -2.24. The van der Waals surface area contributed by atoms with Gasteiger partial charge in [0.25, 0.3) is 0 Å². The van der Waals surface area contributed by atoms with E-state index < -0.39 is 0 Å². The molecule has 6 heteroatoms. The number of nitrogens with one attached hydrogen (secondary N) is 1. The first kappa shape index (κ1) is 20.0. The van der Waals surface area contributed by atoms with Crippen molar-refractivity contribution in [2.75, 3.05) is 25.0 Å². The molecule has 0 spiro atoms. The molecule has 1 aliphatic heterocycles. The van der Waals surface area contributed by atoms with E-state index >= 15 is 0 Å². The molecule has 2 aromatic carbocycles. The molecule has 1 heterocycles. The number of hydrogen-bond donors (Lipinski definition) is 1. The number of likely N-dealkylation sites (tertiary alicyclic amines) is 1. The number of carbonyl (C=O) groups is 1. The Hall–Kier alpha value is -1.75. The number of rotatable bonds is 7. The summed E-state index contributed by atoms with van der Waals surface area (Å²) < 4.78 is 5.52. The number of ether oxygens (including phenoxy) is 1. The molecule has 0 bridgehead atoms. The highest BCUT2D eigenvalue weighted by Crippen LogP contribution is 2.33. The van der Waals surface area contributed by atoms with Gasteiger partial charge in [0.1, 0.15) is 5.75 Å². The topological polar surface area (TPSA) is 41.6 Å².